The molecule has 0 aliphatic rings. The molecule has 0 aliphatic heterocycles. The van der Waals surface area contributed by atoms with Crippen molar-refractivity contribution in [1.82, 2.24) is 15.0 Å². The molecule has 1 aromatic carbocycles. The van der Waals surface area contributed by atoms with Gasteiger partial charge in [-0.1, -0.05) is 0 Å². The zero-order chi connectivity index (χ0) is 21.1. The van der Waals surface area contributed by atoms with E-state index in [0.29, 0.717) is 30.6 Å². The molecule has 2 rings (SSSR count). The number of ether oxygens (including phenoxy) is 2. The lowest BCUT2D eigenvalue weighted by molar-refractivity contribution is 0.311. The van der Waals surface area contributed by atoms with E-state index in [1.165, 1.54) is 18.5 Å². The van der Waals surface area contributed by atoms with Crippen LogP contribution in [0.3, 0.4) is 0 Å². The number of halogens is 1. The van der Waals surface area contributed by atoms with Gasteiger partial charge in [-0.15, -0.1) is 24.0 Å². The van der Waals surface area contributed by atoms with Crippen LogP contribution in [0.1, 0.15) is 13.8 Å². The molecule has 0 aliphatic carbocycles. The Bertz CT molecular complexity index is 910. The van der Waals surface area contributed by atoms with E-state index in [1.54, 1.807) is 13.2 Å². The highest BCUT2D eigenvalue weighted by molar-refractivity contribution is 14.0. The van der Waals surface area contributed by atoms with E-state index >= 15 is 0 Å². The Balaban J connectivity index is 0.00000450. The minimum absolute atomic E-state index is 0. The van der Waals surface area contributed by atoms with Gasteiger partial charge in [0.25, 0.3) is 0 Å². The first-order valence-electron chi connectivity index (χ1n) is 9.26. The molecule has 2 aromatic rings. The molecular formula is C19H28IN5O4S. The van der Waals surface area contributed by atoms with Gasteiger partial charge in [-0.3, -0.25) is 9.98 Å². The molecule has 11 heteroatoms. The van der Waals surface area contributed by atoms with Crippen LogP contribution < -0.4 is 24.8 Å². The predicted molar refractivity (Wildman–Crippen MR) is 129 cm³/mol. The van der Waals surface area contributed by atoms with E-state index in [0.717, 1.165) is 5.69 Å². The number of benzene rings is 1. The number of methoxy groups -OCH3 is 1. The Kier molecular flexibility index (Phi) is 11.4. The highest BCUT2D eigenvalue weighted by atomic mass is 127. The zero-order valence-corrected chi connectivity index (χ0v) is 20.4. The first-order chi connectivity index (χ1) is 14.0. The molecule has 0 unspecified atom stereocenters. The monoisotopic (exact) mass is 549 g/mol. The zero-order valence-electron chi connectivity index (χ0n) is 17.2. The third kappa shape index (κ3) is 7.95. The second-order valence-corrected chi connectivity index (χ2v) is 7.54. The molecule has 0 bridgehead atoms. The van der Waals surface area contributed by atoms with E-state index in [4.69, 9.17) is 9.47 Å². The van der Waals surface area contributed by atoms with Gasteiger partial charge in [0.1, 0.15) is 4.90 Å². The number of aliphatic imine (C=N–C) groups is 1. The first-order valence-corrected chi connectivity index (χ1v) is 10.7. The average Bonchev–Trinajstić information content (AvgIpc) is 2.73. The molecule has 30 heavy (non-hydrogen) atoms. The molecule has 166 valence electrons. The fraction of sp³-hybridized carbons (Fsp3) is 0.368. The van der Waals surface area contributed by atoms with Crippen molar-refractivity contribution in [2.75, 3.05) is 38.7 Å². The van der Waals surface area contributed by atoms with Crippen LogP contribution in [0.15, 0.2) is 52.6 Å². The number of nitrogens with zero attached hydrogens (tertiary/aromatic N) is 2. The van der Waals surface area contributed by atoms with Crippen molar-refractivity contribution in [2.24, 2.45) is 4.99 Å². The molecule has 0 amide bonds. The predicted octanol–water partition coefficient (Wildman–Crippen LogP) is 2.46. The second-order valence-electron chi connectivity index (χ2n) is 5.77. The van der Waals surface area contributed by atoms with E-state index < -0.39 is 10.0 Å². The van der Waals surface area contributed by atoms with E-state index in [2.05, 4.69) is 25.3 Å². The van der Waals surface area contributed by atoms with Crippen molar-refractivity contribution in [1.29, 1.82) is 0 Å². The Morgan fingerprint density at radius 2 is 2.00 bits per heavy atom. The van der Waals surface area contributed by atoms with Gasteiger partial charge in [-0.2, -0.15) is 0 Å². The van der Waals surface area contributed by atoms with Crippen LogP contribution >= 0.6 is 24.0 Å². The number of nitrogens with one attached hydrogen (secondary N) is 3. The van der Waals surface area contributed by atoms with E-state index in [1.807, 2.05) is 32.0 Å². The molecular weight excluding hydrogens is 521 g/mol. The number of anilines is 1. The normalized spacial score (nSPS) is 11.4. The number of rotatable bonds is 10. The fourth-order valence-electron chi connectivity index (χ4n) is 2.40. The summed E-state index contributed by atoms with van der Waals surface area (Å²) >= 11 is 0. The van der Waals surface area contributed by atoms with Gasteiger partial charge in [0.05, 0.1) is 20.3 Å². The third-order valence-electron chi connectivity index (χ3n) is 3.69. The van der Waals surface area contributed by atoms with Gasteiger partial charge >= 0.3 is 0 Å². The van der Waals surface area contributed by atoms with Gasteiger partial charge in [0, 0.05) is 37.2 Å². The summed E-state index contributed by atoms with van der Waals surface area (Å²) in [6.07, 6.45) is 2.82. The molecule has 0 radical (unpaired) electrons. The van der Waals surface area contributed by atoms with Crippen LogP contribution in [0, 0.1) is 0 Å². The molecule has 1 heterocycles. The Morgan fingerprint density at radius 3 is 2.63 bits per heavy atom. The van der Waals surface area contributed by atoms with Crippen LogP contribution in [0.25, 0.3) is 0 Å². The number of aromatic nitrogens is 1. The fourth-order valence-corrected chi connectivity index (χ4v) is 3.39. The summed E-state index contributed by atoms with van der Waals surface area (Å²) in [5, 5.41) is 6.29. The summed E-state index contributed by atoms with van der Waals surface area (Å²) in [7, 11) is -2.02. The topological polar surface area (TPSA) is 114 Å². The van der Waals surface area contributed by atoms with E-state index in [-0.39, 0.29) is 42.0 Å². The number of guanidine groups is 1. The highest BCUT2D eigenvalue weighted by Crippen LogP contribution is 2.30. The lowest BCUT2D eigenvalue weighted by atomic mass is 10.2. The Labute approximate surface area is 194 Å². The van der Waals surface area contributed by atoms with Gasteiger partial charge in [-0.25, -0.2) is 13.1 Å². The van der Waals surface area contributed by atoms with Crippen molar-refractivity contribution >= 4 is 45.6 Å². The standard InChI is InChI=1S/C19H27N5O4S.HI/c1-4-21-19(24-15-8-9-17(28-5-2)18(13-15)27-3)22-11-12-23-29(25,26)16-7-6-10-20-14-16;/h6-10,13-14,23H,4-5,11-12H2,1-3H3,(H2,21,22,24);1H. The van der Waals surface area contributed by atoms with Gasteiger partial charge in [-0.05, 0) is 38.1 Å². The molecule has 0 fully saturated rings. The number of sulfonamides is 1. The van der Waals surface area contributed by atoms with Gasteiger partial charge < -0.3 is 20.1 Å². The molecule has 0 saturated carbocycles. The lowest BCUT2D eigenvalue weighted by Gasteiger charge is -2.14. The maximum atomic E-state index is 12.2. The van der Waals surface area contributed by atoms with Crippen molar-refractivity contribution < 1.29 is 17.9 Å². The second kappa shape index (κ2) is 13.2. The Hall–Kier alpha value is -2.12. The Morgan fingerprint density at radius 1 is 1.20 bits per heavy atom. The molecule has 3 N–H and O–H groups in total. The number of pyridine rings is 1. The summed E-state index contributed by atoms with van der Waals surface area (Å²) in [6.45, 7) is 5.46. The van der Waals surface area contributed by atoms with Crippen LogP contribution in [0.2, 0.25) is 0 Å². The summed E-state index contributed by atoms with van der Waals surface area (Å²) < 4.78 is 37.8. The van der Waals surface area contributed by atoms with Crippen molar-refractivity contribution in [3.63, 3.8) is 0 Å². The highest BCUT2D eigenvalue weighted by Gasteiger charge is 2.12. The number of hydrogen-bond acceptors (Lipinski definition) is 6. The number of hydrogen-bond donors (Lipinski definition) is 3. The van der Waals surface area contributed by atoms with Gasteiger partial charge in [0.2, 0.25) is 10.0 Å². The summed E-state index contributed by atoms with van der Waals surface area (Å²) in [4.78, 5) is 8.34. The third-order valence-corrected chi connectivity index (χ3v) is 5.14. The summed E-state index contributed by atoms with van der Waals surface area (Å²) in [5.74, 6) is 1.79. The van der Waals surface area contributed by atoms with Gasteiger partial charge in [0.15, 0.2) is 17.5 Å². The molecule has 0 spiro atoms. The SMILES string of the molecule is CCNC(=NCCNS(=O)(=O)c1cccnc1)Nc1ccc(OCC)c(OC)c1.I. The van der Waals surface area contributed by atoms with E-state index in [9.17, 15) is 8.42 Å². The van der Waals surface area contributed by atoms with Crippen molar-refractivity contribution in [3.8, 4) is 11.5 Å². The summed E-state index contributed by atoms with van der Waals surface area (Å²) in [5.41, 5.74) is 0.765. The largest absolute Gasteiger partial charge is 0.493 e. The molecule has 0 atom stereocenters. The van der Waals surface area contributed by atoms with Crippen molar-refractivity contribution in [2.45, 2.75) is 18.7 Å². The van der Waals surface area contributed by atoms with Crippen LogP contribution in [-0.2, 0) is 10.0 Å². The summed E-state index contributed by atoms with van der Waals surface area (Å²) in [6, 6.07) is 8.54. The van der Waals surface area contributed by atoms with Crippen LogP contribution in [0.5, 0.6) is 11.5 Å². The smallest absolute Gasteiger partial charge is 0.242 e. The first kappa shape index (κ1) is 25.9. The quantitative estimate of drug-likeness (QED) is 0.181. The van der Waals surface area contributed by atoms with Crippen molar-refractivity contribution in [3.05, 3.63) is 42.7 Å². The maximum Gasteiger partial charge on any atom is 0.242 e. The van der Waals surface area contributed by atoms with Crippen LogP contribution in [-0.4, -0.2) is 52.7 Å². The molecule has 1 aromatic heterocycles. The minimum atomic E-state index is -3.60. The van der Waals surface area contributed by atoms with Crippen LogP contribution in [0.4, 0.5) is 5.69 Å². The molecule has 9 nitrogen and oxygen atoms in total. The minimum Gasteiger partial charge on any atom is -0.493 e. The molecule has 0 saturated heterocycles. The average molecular weight is 549 g/mol. The lowest BCUT2D eigenvalue weighted by Crippen LogP contribution is -2.32. The maximum absolute atomic E-state index is 12.2.